The smallest absolute Gasteiger partial charge is 0.299 e. The first kappa shape index (κ1) is 15.8. The van der Waals surface area contributed by atoms with E-state index in [0.29, 0.717) is 12.0 Å². The molecule has 1 atom stereocenters. The molecule has 1 aromatic rings. The van der Waals surface area contributed by atoms with Crippen LogP contribution in [0.25, 0.3) is 0 Å². The fourth-order valence-electron chi connectivity index (χ4n) is 1.73. The summed E-state index contributed by atoms with van der Waals surface area (Å²) in [5, 5.41) is 24.8. The van der Waals surface area contributed by atoms with Gasteiger partial charge in [0.2, 0.25) is 0 Å². The van der Waals surface area contributed by atoms with Crippen LogP contribution in [-0.4, -0.2) is 20.9 Å². The number of benzene rings is 1. The van der Waals surface area contributed by atoms with Crippen LogP contribution in [0.4, 0.5) is 17.1 Å². The van der Waals surface area contributed by atoms with Crippen molar-refractivity contribution in [3.05, 3.63) is 37.9 Å². The zero-order valence-corrected chi connectivity index (χ0v) is 11.8. The molecule has 0 aromatic heterocycles. The second-order valence-electron chi connectivity index (χ2n) is 4.20. The maximum Gasteiger partial charge on any atom is 0.299 e. The third-order valence-electron chi connectivity index (χ3n) is 2.70. The highest BCUT2D eigenvalue weighted by atomic mass is 32.1. The van der Waals surface area contributed by atoms with Crippen LogP contribution >= 0.6 is 12.2 Å². The van der Waals surface area contributed by atoms with Crippen molar-refractivity contribution in [2.45, 2.75) is 26.3 Å². The molecule has 20 heavy (non-hydrogen) atoms. The predicted octanol–water partition coefficient (Wildman–Crippen LogP) is 2.29. The summed E-state index contributed by atoms with van der Waals surface area (Å²) in [7, 11) is 0. The van der Waals surface area contributed by atoms with Crippen molar-refractivity contribution < 1.29 is 9.85 Å². The number of nitrogens with one attached hydrogen (secondary N) is 1. The van der Waals surface area contributed by atoms with Crippen molar-refractivity contribution in [3.63, 3.8) is 0 Å². The number of thiocarbonyl (C=S) groups is 1. The van der Waals surface area contributed by atoms with E-state index in [1.54, 1.807) is 13.8 Å². The molecule has 0 aliphatic heterocycles. The summed E-state index contributed by atoms with van der Waals surface area (Å²) < 4.78 is 0. The Labute approximate surface area is 120 Å². The number of nitro benzene ring substituents is 2. The molecule has 0 heterocycles. The van der Waals surface area contributed by atoms with Crippen molar-refractivity contribution in [1.29, 1.82) is 0 Å². The number of rotatable bonds is 6. The van der Waals surface area contributed by atoms with Gasteiger partial charge in [-0.2, -0.15) is 0 Å². The summed E-state index contributed by atoms with van der Waals surface area (Å²) in [6.45, 7) is 3.32. The lowest BCUT2D eigenvalue weighted by Gasteiger charge is -2.16. The summed E-state index contributed by atoms with van der Waals surface area (Å²) in [4.78, 5) is 20.9. The van der Waals surface area contributed by atoms with Gasteiger partial charge in [0.15, 0.2) is 5.69 Å². The molecule has 0 fully saturated rings. The topological polar surface area (TPSA) is 124 Å². The van der Waals surface area contributed by atoms with Gasteiger partial charge in [-0.25, -0.2) is 0 Å². The number of hydrogen-bond acceptors (Lipinski definition) is 6. The second-order valence-corrected chi connectivity index (χ2v) is 4.67. The molecule has 0 aliphatic carbocycles. The minimum atomic E-state index is -0.672. The number of nitro groups is 2. The number of anilines is 1. The van der Waals surface area contributed by atoms with E-state index in [4.69, 9.17) is 18.0 Å². The van der Waals surface area contributed by atoms with Crippen LogP contribution < -0.4 is 11.1 Å². The Balaban J connectivity index is 3.44. The minimum Gasteiger partial charge on any atom is -0.392 e. The molecule has 8 nitrogen and oxygen atoms in total. The highest BCUT2D eigenvalue weighted by molar-refractivity contribution is 7.80. The lowest BCUT2D eigenvalue weighted by atomic mass is 10.1. The lowest BCUT2D eigenvalue weighted by Crippen LogP contribution is -2.33. The van der Waals surface area contributed by atoms with Crippen LogP contribution in [-0.2, 0) is 0 Å². The van der Waals surface area contributed by atoms with E-state index in [1.807, 2.05) is 0 Å². The van der Waals surface area contributed by atoms with Crippen molar-refractivity contribution >= 4 is 34.3 Å². The Morgan fingerprint density at radius 3 is 2.10 bits per heavy atom. The maximum absolute atomic E-state index is 11.1. The van der Waals surface area contributed by atoms with Gasteiger partial charge < -0.3 is 11.1 Å². The van der Waals surface area contributed by atoms with Gasteiger partial charge in [-0.3, -0.25) is 20.2 Å². The number of nitrogens with zero attached hydrogens (tertiary/aromatic N) is 2. The molecular formula is C11H14N4O4S. The van der Waals surface area contributed by atoms with Crippen LogP contribution in [0.3, 0.4) is 0 Å². The molecule has 0 aliphatic rings. The van der Waals surface area contributed by atoms with Gasteiger partial charge in [0, 0.05) is 12.1 Å². The van der Waals surface area contributed by atoms with Crippen LogP contribution in [0.1, 0.15) is 18.9 Å². The average Bonchev–Trinajstić information content (AvgIpc) is 2.35. The maximum atomic E-state index is 11.1. The molecular weight excluding hydrogens is 284 g/mol. The van der Waals surface area contributed by atoms with Gasteiger partial charge in [-0.1, -0.05) is 19.1 Å². The first-order valence-electron chi connectivity index (χ1n) is 5.77. The van der Waals surface area contributed by atoms with Crippen molar-refractivity contribution in [2.75, 3.05) is 5.32 Å². The molecule has 0 spiro atoms. The van der Waals surface area contributed by atoms with Gasteiger partial charge in [-0.15, -0.1) is 0 Å². The Morgan fingerprint density at radius 2 is 1.80 bits per heavy atom. The van der Waals surface area contributed by atoms with E-state index in [-0.39, 0.29) is 22.1 Å². The highest BCUT2D eigenvalue weighted by Crippen LogP contribution is 2.36. The normalized spacial score (nSPS) is 11.7. The Kier molecular flexibility index (Phi) is 4.92. The van der Waals surface area contributed by atoms with E-state index in [0.717, 1.165) is 0 Å². The fraction of sp³-hybridized carbons (Fsp3) is 0.364. The van der Waals surface area contributed by atoms with Gasteiger partial charge >= 0.3 is 0 Å². The number of nitrogens with two attached hydrogens (primary N) is 1. The molecule has 0 amide bonds. The standard InChI is InChI=1S/C11H14N4O4S/c1-3-7(11(12)20)13-10-8(14(16)17)4-6(2)5-9(10)15(18)19/h4-5,7,13H,3H2,1-2H3,(H2,12,20). The van der Waals surface area contributed by atoms with E-state index in [2.05, 4.69) is 5.32 Å². The molecule has 9 heteroatoms. The molecule has 1 unspecified atom stereocenters. The van der Waals surface area contributed by atoms with Crippen molar-refractivity contribution in [1.82, 2.24) is 0 Å². The zero-order chi connectivity index (χ0) is 15.4. The molecule has 0 saturated heterocycles. The van der Waals surface area contributed by atoms with Crippen LogP contribution in [0.2, 0.25) is 0 Å². The first-order chi connectivity index (χ1) is 9.27. The molecule has 1 rings (SSSR count). The Morgan fingerprint density at radius 1 is 1.35 bits per heavy atom. The third-order valence-corrected chi connectivity index (χ3v) is 2.99. The van der Waals surface area contributed by atoms with Gasteiger partial charge in [0.1, 0.15) is 0 Å². The third kappa shape index (κ3) is 3.38. The SMILES string of the molecule is CCC(Nc1c([N+](=O)[O-])cc(C)cc1[N+](=O)[O-])C(N)=S. The molecule has 0 radical (unpaired) electrons. The molecule has 0 saturated carbocycles. The van der Waals surface area contributed by atoms with Crippen molar-refractivity contribution in [3.8, 4) is 0 Å². The summed E-state index contributed by atoms with van der Waals surface area (Å²) in [6, 6.07) is 1.98. The van der Waals surface area contributed by atoms with E-state index in [1.165, 1.54) is 12.1 Å². The monoisotopic (exact) mass is 298 g/mol. The van der Waals surface area contributed by atoms with Gasteiger partial charge in [0.25, 0.3) is 11.4 Å². The van der Waals surface area contributed by atoms with Gasteiger partial charge in [-0.05, 0) is 18.9 Å². The largest absolute Gasteiger partial charge is 0.392 e. The van der Waals surface area contributed by atoms with E-state index < -0.39 is 15.9 Å². The van der Waals surface area contributed by atoms with Crippen LogP contribution in [0, 0.1) is 27.2 Å². The van der Waals surface area contributed by atoms with E-state index in [9.17, 15) is 20.2 Å². The molecule has 3 N–H and O–H groups in total. The molecule has 108 valence electrons. The summed E-state index contributed by atoms with van der Waals surface area (Å²) in [5.74, 6) is 0. The fourth-order valence-corrected chi connectivity index (χ4v) is 1.96. The number of aryl methyl sites for hydroxylation is 1. The van der Waals surface area contributed by atoms with Crippen LogP contribution in [0.15, 0.2) is 12.1 Å². The lowest BCUT2D eigenvalue weighted by molar-refractivity contribution is -0.392. The predicted molar refractivity (Wildman–Crippen MR) is 79.0 cm³/mol. The van der Waals surface area contributed by atoms with Crippen molar-refractivity contribution in [2.24, 2.45) is 5.73 Å². The number of hydrogen-bond donors (Lipinski definition) is 2. The average molecular weight is 298 g/mol. The Hall–Kier alpha value is -2.29. The summed E-state index contributed by atoms with van der Waals surface area (Å²) in [6.07, 6.45) is 0.456. The molecule has 1 aromatic carbocycles. The zero-order valence-electron chi connectivity index (χ0n) is 11.0. The first-order valence-corrected chi connectivity index (χ1v) is 6.18. The van der Waals surface area contributed by atoms with Crippen LogP contribution in [0.5, 0.6) is 0 Å². The summed E-state index contributed by atoms with van der Waals surface area (Å²) >= 11 is 4.83. The quantitative estimate of drug-likeness (QED) is 0.469. The Bertz CT molecular complexity index is 541. The van der Waals surface area contributed by atoms with Gasteiger partial charge in [0.05, 0.1) is 20.9 Å². The highest BCUT2D eigenvalue weighted by Gasteiger charge is 2.28. The summed E-state index contributed by atoms with van der Waals surface area (Å²) in [5.41, 5.74) is 5.02. The minimum absolute atomic E-state index is 0.0941. The molecule has 0 bridgehead atoms. The van der Waals surface area contributed by atoms with E-state index >= 15 is 0 Å². The second kappa shape index (κ2) is 6.24.